The number of aromatic nitrogens is 3. The first kappa shape index (κ1) is 18.4. The molecule has 2 heterocycles. The van der Waals surface area contributed by atoms with Crippen molar-refractivity contribution in [3.8, 4) is 0 Å². The largest absolute Gasteiger partial charge is 0.510 e. The standard InChI is InChI=1S/C17H18F3N3O3/c1-16(8-25-11-26-9-16)15-21-10-23(22-15)7-14(24)6-12-2-4-13(5-3-12)17(18,19)20/h2-6,10,24H,7-9,11H2,1H3. The molecule has 1 saturated heterocycles. The number of ether oxygens (including phenoxy) is 2. The number of hydrogen-bond donors (Lipinski definition) is 1. The maximum atomic E-state index is 12.6. The summed E-state index contributed by atoms with van der Waals surface area (Å²) in [7, 11) is 0. The highest BCUT2D eigenvalue weighted by atomic mass is 19.4. The van der Waals surface area contributed by atoms with E-state index in [0.717, 1.165) is 12.1 Å². The molecule has 1 aromatic carbocycles. The Morgan fingerprint density at radius 3 is 2.54 bits per heavy atom. The Morgan fingerprint density at radius 2 is 1.92 bits per heavy atom. The second-order valence-corrected chi connectivity index (χ2v) is 6.40. The molecule has 1 N–H and O–H groups in total. The number of benzene rings is 1. The summed E-state index contributed by atoms with van der Waals surface area (Å²) in [5, 5.41) is 14.4. The molecule has 6 nitrogen and oxygen atoms in total. The molecule has 1 aliphatic heterocycles. The minimum atomic E-state index is -4.38. The maximum absolute atomic E-state index is 12.6. The van der Waals surface area contributed by atoms with E-state index in [1.807, 2.05) is 6.92 Å². The van der Waals surface area contributed by atoms with Gasteiger partial charge in [0, 0.05) is 0 Å². The molecule has 0 amide bonds. The van der Waals surface area contributed by atoms with Crippen LogP contribution in [-0.4, -0.2) is 39.9 Å². The molecule has 1 fully saturated rings. The minimum absolute atomic E-state index is 0.0474. The molecule has 9 heteroatoms. The Bertz CT molecular complexity index is 779. The van der Waals surface area contributed by atoms with Crippen LogP contribution < -0.4 is 0 Å². The highest BCUT2D eigenvalue weighted by molar-refractivity contribution is 5.51. The number of rotatable bonds is 4. The van der Waals surface area contributed by atoms with Crippen molar-refractivity contribution in [2.24, 2.45) is 0 Å². The van der Waals surface area contributed by atoms with Crippen LogP contribution in [0.1, 0.15) is 23.9 Å². The summed E-state index contributed by atoms with van der Waals surface area (Å²) in [4.78, 5) is 4.24. The predicted octanol–water partition coefficient (Wildman–Crippen LogP) is 3.16. The first-order valence-electron chi connectivity index (χ1n) is 7.88. The maximum Gasteiger partial charge on any atom is 0.416 e. The Hall–Kier alpha value is -2.39. The van der Waals surface area contributed by atoms with Crippen molar-refractivity contribution in [2.75, 3.05) is 20.0 Å². The normalized spacial score (nSPS) is 18.1. The Labute approximate surface area is 147 Å². The fourth-order valence-corrected chi connectivity index (χ4v) is 2.58. The molecular weight excluding hydrogens is 351 g/mol. The van der Waals surface area contributed by atoms with Crippen molar-refractivity contribution in [1.82, 2.24) is 14.8 Å². The lowest BCUT2D eigenvalue weighted by molar-refractivity contribution is -0.137. The van der Waals surface area contributed by atoms with Gasteiger partial charge in [-0.25, -0.2) is 9.67 Å². The van der Waals surface area contributed by atoms with Gasteiger partial charge in [0.25, 0.3) is 0 Å². The average molecular weight is 369 g/mol. The molecule has 0 saturated carbocycles. The van der Waals surface area contributed by atoms with Crippen molar-refractivity contribution >= 4 is 6.08 Å². The number of nitrogens with zero attached hydrogens (tertiary/aromatic N) is 3. The zero-order valence-electron chi connectivity index (χ0n) is 14.0. The van der Waals surface area contributed by atoms with E-state index in [-0.39, 0.29) is 19.1 Å². The van der Waals surface area contributed by atoms with Gasteiger partial charge < -0.3 is 14.6 Å². The summed E-state index contributed by atoms with van der Waals surface area (Å²) in [6, 6.07) is 4.53. The molecule has 3 rings (SSSR count). The summed E-state index contributed by atoms with van der Waals surface area (Å²) in [5.74, 6) is 0.488. The number of hydrogen-bond acceptors (Lipinski definition) is 5. The minimum Gasteiger partial charge on any atom is -0.510 e. The average Bonchev–Trinajstić information content (AvgIpc) is 3.04. The van der Waals surface area contributed by atoms with Crippen molar-refractivity contribution in [2.45, 2.75) is 25.1 Å². The van der Waals surface area contributed by atoms with Crippen LogP contribution in [0.4, 0.5) is 13.2 Å². The molecule has 0 aliphatic carbocycles. The fourth-order valence-electron chi connectivity index (χ4n) is 2.58. The van der Waals surface area contributed by atoms with Gasteiger partial charge in [0.15, 0.2) is 5.82 Å². The van der Waals surface area contributed by atoms with Gasteiger partial charge in [-0.05, 0) is 30.7 Å². The van der Waals surface area contributed by atoms with E-state index in [9.17, 15) is 18.3 Å². The van der Waals surface area contributed by atoms with Crippen LogP contribution in [0.25, 0.3) is 6.08 Å². The second kappa shape index (κ2) is 7.08. The Kier molecular flexibility index (Phi) is 5.01. The lowest BCUT2D eigenvalue weighted by atomic mass is 9.91. The third-order valence-corrected chi connectivity index (χ3v) is 3.98. The molecule has 0 radical (unpaired) electrons. The number of aliphatic hydroxyl groups is 1. The van der Waals surface area contributed by atoms with Gasteiger partial charge in [0.1, 0.15) is 18.9 Å². The van der Waals surface area contributed by atoms with Gasteiger partial charge in [-0.15, -0.1) is 0 Å². The first-order chi connectivity index (χ1) is 12.3. The van der Waals surface area contributed by atoms with Crippen LogP contribution in [0.15, 0.2) is 36.4 Å². The van der Waals surface area contributed by atoms with Crippen molar-refractivity contribution in [3.05, 3.63) is 53.3 Å². The molecule has 0 bridgehead atoms. The third kappa shape index (κ3) is 4.23. The number of alkyl halides is 3. The van der Waals surface area contributed by atoms with Gasteiger partial charge in [0.05, 0.1) is 30.7 Å². The van der Waals surface area contributed by atoms with Crippen LogP contribution in [-0.2, 0) is 27.6 Å². The monoisotopic (exact) mass is 369 g/mol. The molecular formula is C17H18F3N3O3. The molecule has 1 aromatic heterocycles. The molecule has 1 aliphatic rings. The molecule has 2 aromatic rings. The number of halogens is 3. The molecule has 0 spiro atoms. The van der Waals surface area contributed by atoms with Gasteiger partial charge in [-0.3, -0.25) is 0 Å². The van der Waals surface area contributed by atoms with Crippen LogP contribution >= 0.6 is 0 Å². The molecule has 26 heavy (non-hydrogen) atoms. The van der Waals surface area contributed by atoms with Crippen molar-refractivity contribution in [1.29, 1.82) is 0 Å². The zero-order chi connectivity index (χ0) is 18.8. The van der Waals surface area contributed by atoms with Crippen molar-refractivity contribution < 1.29 is 27.8 Å². The van der Waals surface area contributed by atoms with Crippen molar-refractivity contribution in [3.63, 3.8) is 0 Å². The molecule has 140 valence electrons. The summed E-state index contributed by atoms with van der Waals surface area (Å²) >= 11 is 0. The highest BCUT2D eigenvalue weighted by Gasteiger charge is 2.34. The zero-order valence-corrected chi connectivity index (χ0v) is 14.0. The van der Waals surface area contributed by atoms with E-state index in [4.69, 9.17) is 9.47 Å². The topological polar surface area (TPSA) is 69.4 Å². The summed E-state index contributed by atoms with van der Waals surface area (Å²) in [6.07, 6.45) is -1.52. The number of aliphatic hydroxyl groups excluding tert-OH is 1. The summed E-state index contributed by atoms with van der Waals surface area (Å²) < 4.78 is 49.7. The van der Waals surface area contributed by atoms with Crippen LogP contribution in [0.3, 0.4) is 0 Å². The molecule has 0 atom stereocenters. The highest BCUT2D eigenvalue weighted by Crippen LogP contribution is 2.29. The quantitative estimate of drug-likeness (QED) is 0.839. The van der Waals surface area contributed by atoms with E-state index in [2.05, 4.69) is 10.1 Å². The number of allylic oxidation sites excluding steroid dienone is 1. The second-order valence-electron chi connectivity index (χ2n) is 6.40. The Morgan fingerprint density at radius 1 is 1.27 bits per heavy atom. The first-order valence-corrected chi connectivity index (χ1v) is 7.88. The van der Waals surface area contributed by atoms with E-state index in [1.54, 1.807) is 0 Å². The molecule has 0 unspecified atom stereocenters. The smallest absolute Gasteiger partial charge is 0.416 e. The fraction of sp³-hybridized carbons (Fsp3) is 0.412. The van der Waals surface area contributed by atoms with E-state index < -0.39 is 17.2 Å². The summed E-state index contributed by atoms with van der Waals surface area (Å²) in [6.45, 7) is 3.08. The van der Waals surface area contributed by atoms with Gasteiger partial charge >= 0.3 is 6.18 Å². The Balaban J connectivity index is 1.68. The van der Waals surface area contributed by atoms with Crippen LogP contribution in [0, 0.1) is 0 Å². The van der Waals surface area contributed by atoms with Crippen LogP contribution in [0.2, 0.25) is 0 Å². The lowest BCUT2D eigenvalue weighted by Crippen LogP contribution is -2.39. The van der Waals surface area contributed by atoms with E-state index in [1.165, 1.54) is 29.2 Å². The predicted molar refractivity (Wildman–Crippen MR) is 86.2 cm³/mol. The van der Waals surface area contributed by atoms with Gasteiger partial charge in [0.2, 0.25) is 0 Å². The van der Waals surface area contributed by atoms with E-state index >= 15 is 0 Å². The van der Waals surface area contributed by atoms with Crippen LogP contribution in [0.5, 0.6) is 0 Å². The van der Waals surface area contributed by atoms with Gasteiger partial charge in [-0.1, -0.05) is 12.1 Å². The summed E-state index contributed by atoms with van der Waals surface area (Å²) in [5.41, 5.74) is -0.743. The lowest BCUT2D eigenvalue weighted by Gasteiger charge is -2.30. The SMILES string of the molecule is CC1(c2ncn(CC(O)=Cc3ccc(C(F)(F)F)cc3)n2)COCOC1. The van der Waals surface area contributed by atoms with Gasteiger partial charge in [-0.2, -0.15) is 18.3 Å². The van der Waals surface area contributed by atoms with E-state index in [0.29, 0.717) is 24.6 Å². The third-order valence-electron chi connectivity index (χ3n) is 3.98.